The van der Waals surface area contributed by atoms with Crippen LogP contribution in [0.5, 0.6) is 5.75 Å². The predicted molar refractivity (Wildman–Crippen MR) is 139 cm³/mol. The number of benzene rings is 1. The highest BCUT2D eigenvalue weighted by Crippen LogP contribution is 2.32. The van der Waals surface area contributed by atoms with Crippen LogP contribution in [-0.2, 0) is 19.6 Å². The topological polar surface area (TPSA) is 117 Å². The van der Waals surface area contributed by atoms with Crippen molar-refractivity contribution in [1.29, 1.82) is 0 Å². The van der Waals surface area contributed by atoms with Gasteiger partial charge < -0.3 is 24.4 Å². The number of carbonyl (C=O) groups excluding carboxylic acids is 1. The summed E-state index contributed by atoms with van der Waals surface area (Å²) < 4.78 is 40.0. The van der Waals surface area contributed by atoms with Gasteiger partial charge in [0.25, 0.3) is 0 Å². The molecule has 2 aliphatic heterocycles. The van der Waals surface area contributed by atoms with Gasteiger partial charge in [-0.1, -0.05) is 27.2 Å². The highest BCUT2D eigenvalue weighted by atomic mass is 32.2. The smallest absolute Gasteiger partial charge is 0.407 e. The van der Waals surface area contributed by atoms with Crippen LogP contribution in [0.25, 0.3) is 0 Å². The largest absolute Gasteiger partial charge is 0.497 e. The Morgan fingerprint density at radius 2 is 1.73 bits per heavy atom. The molecular formula is C26H41N3O7S. The Hall–Kier alpha value is -2.37. The average Bonchev–Trinajstić information content (AvgIpc) is 2.82. The summed E-state index contributed by atoms with van der Waals surface area (Å²) in [6.45, 7) is 10.6. The molecule has 2 aliphatic rings. The van der Waals surface area contributed by atoms with Crippen molar-refractivity contribution in [3.63, 3.8) is 0 Å². The zero-order valence-corrected chi connectivity index (χ0v) is 23.6. The fourth-order valence-electron chi connectivity index (χ4n) is 5.36. The summed E-state index contributed by atoms with van der Waals surface area (Å²) in [6.07, 6.45) is 1.33. The molecule has 0 aliphatic carbocycles. The highest BCUT2D eigenvalue weighted by molar-refractivity contribution is 7.89. The van der Waals surface area contributed by atoms with Gasteiger partial charge in [-0.2, -0.15) is 4.31 Å². The number of rotatable bonds is 7. The molecule has 2 heterocycles. The van der Waals surface area contributed by atoms with Gasteiger partial charge in [-0.15, -0.1) is 0 Å². The van der Waals surface area contributed by atoms with Crippen LogP contribution in [-0.4, -0.2) is 98.2 Å². The monoisotopic (exact) mass is 539 g/mol. The Balaban J connectivity index is 1.66. The quantitative estimate of drug-likeness (QED) is 0.566. The summed E-state index contributed by atoms with van der Waals surface area (Å²) >= 11 is 0. The van der Waals surface area contributed by atoms with Crippen LogP contribution in [0.4, 0.5) is 4.79 Å². The molecule has 1 aromatic carbocycles. The van der Waals surface area contributed by atoms with Crippen molar-refractivity contribution in [3.05, 3.63) is 23.3 Å². The van der Waals surface area contributed by atoms with Gasteiger partial charge in [0.15, 0.2) is 0 Å². The van der Waals surface area contributed by atoms with Crippen LogP contribution in [0, 0.1) is 19.3 Å². The molecule has 208 valence electrons. The molecule has 0 aromatic heterocycles. The van der Waals surface area contributed by atoms with Crippen molar-refractivity contribution < 1.29 is 32.6 Å². The van der Waals surface area contributed by atoms with Crippen LogP contribution in [0.1, 0.15) is 51.2 Å². The van der Waals surface area contributed by atoms with Crippen molar-refractivity contribution in [2.45, 2.75) is 70.9 Å². The number of carbonyl (C=O) groups is 2. The van der Waals surface area contributed by atoms with Gasteiger partial charge in [0.05, 0.1) is 24.7 Å². The van der Waals surface area contributed by atoms with Crippen LogP contribution < -0.4 is 4.74 Å². The standard InChI is InChI=1S/C26H41N3O7S/c1-18-13-21(35-6)14-19(2)24(18)37(33,34)29-10-8-7-9-20(29)16-36-17-23(30)27-11-12-28(25(31)32)22(15-27)26(3,4)5/h13-14,20,22H,7-12,15-17H2,1-6H3,(H,31,32). The normalized spacial score (nSPS) is 21.7. The number of sulfonamides is 1. The third kappa shape index (κ3) is 6.56. The van der Waals surface area contributed by atoms with E-state index in [0.717, 1.165) is 12.8 Å². The van der Waals surface area contributed by atoms with E-state index in [1.807, 2.05) is 20.8 Å². The summed E-state index contributed by atoms with van der Waals surface area (Å²) in [5, 5.41) is 9.55. The molecule has 0 saturated carbocycles. The third-order valence-electron chi connectivity index (χ3n) is 7.32. The lowest BCUT2D eigenvalue weighted by atomic mass is 9.84. The summed E-state index contributed by atoms with van der Waals surface area (Å²) in [5.74, 6) is 0.398. The van der Waals surface area contributed by atoms with Gasteiger partial charge in [-0.3, -0.25) is 4.79 Å². The fourth-order valence-corrected chi connectivity index (χ4v) is 7.46. The molecule has 10 nitrogen and oxygen atoms in total. The molecule has 1 aromatic rings. The van der Waals surface area contributed by atoms with Gasteiger partial charge in [0.1, 0.15) is 12.4 Å². The number of ether oxygens (including phenoxy) is 2. The molecule has 2 fully saturated rings. The van der Waals surface area contributed by atoms with Crippen molar-refractivity contribution in [1.82, 2.24) is 14.1 Å². The molecule has 2 saturated heterocycles. The number of piperidine rings is 1. The zero-order chi connectivity index (χ0) is 27.5. The predicted octanol–water partition coefficient (Wildman–Crippen LogP) is 3.11. The number of hydrogen-bond acceptors (Lipinski definition) is 6. The molecule has 2 unspecified atom stereocenters. The molecule has 0 bridgehead atoms. The molecule has 3 rings (SSSR count). The van der Waals surface area contributed by atoms with Gasteiger partial charge in [-0.25, -0.2) is 13.2 Å². The van der Waals surface area contributed by atoms with Gasteiger partial charge in [-0.05, 0) is 55.4 Å². The number of methoxy groups -OCH3 is 1. The first-order chi connectivity index (χ1) is 17.3. The van der Waals surface area contributed by atoms with E-state index >= 15 is 0 Å². The Morgan fingerprint density at radius 3 is 2.30 bits per heavy atom. The summed E-state index contributed by atoms with van der Waals surface area (Å²) in [4.78, 5) is 27.9. The second kappa shape index (κ2) is 11.6. The summed E-state index contributed by atoms with van der Waals surface area (Å²) in [5.41, 5.74) is 0.935. The molecule has 37 heavy (non-hydrogen) atoms. The van der Waals surface area contributed by atoms with Gasteiger partial charge >= 0.3 is 6.09 Å². The molecule has 0 radical (unpaired) electrons. The second-order valence-corrected chi connectivity index (χ2v) is 12.9. The maximum atomic E-state index is 13.7. The number of piperazine rings is 1. The van der Waals surface area contributed by atoms with E-state index in [9.17, 15) is 23.1 Å². The van der Waals surface area contributed by atoms with E-state index in [1.165, 1.54) is 9.21 Å². The lowest BCUT2D eigenvalue weighted by molar-refractivity contribution is -0.140. The molecule has 1 N–H and O–H groups in total. The second-order valence-electron chi connectivity index (χ2n) is 11.1. The van der Waals surface area contributed by atoms with Crippen LogP contribution in [0.3, 0.4) is 0 Å². The summed E-state index contributed by atoms with van der Waals surface area (Å²) in [6, 6.07) is 2.77. The summed E-state index contributed by atoms with van der Waals surface area (Å²) in [7, 11) is -2.21. The van der Waals surface area contributed by atoms with Crippen molar-refractivity contribution in [2.24, 2.45) is 5.41 Å². The number of carboxylic acid groups (broad SMARTS) is 1. The lowest BCUT2D eigenvalue weighted by Gasteiger charge is -2.45. The first-order valence-electron chi connectivity index (χ1n) is 12.8. The number of amides is 2. The maximum Gasteiger partial charge on any atom is 0.407 e. The van der Waals surface area contributed by atoms with E-state index < -0.39 is 16.1 Å². The van der Waals surface area contributed by atoms with Crippen molar-refractivity contribution in [2.75, 3.05) is 46.5 Å². The van der Waals surface area contributed by atoms with Crippen molar-refractivity contribution >= 4 is 22.0 Å². The Labute approximate surface area is 220 Å². The molecule has 2 atom stereocenters. The Kier molecular flexibility index (Phi) is 9.13. The zero-order valence-electron chi connectivity index (χ0n) is 22.8. The minimum atomic E-state index is -3.77. The van der Waals surface area contributed by atoms with Gasteiger partial charge in [0, 0.05) is 32.2 Å². The maximum absolute atomic E-state index is 13.7. The first-order valence-corrected chi connectivity index (χ1v) is 14.2. The number of nitrogens with zero attached hydrogens (tertiary/aromatic N) is 3. The van der Waals surface area contributed by atoms with E-state index in [2.05, 4.69) is 0 Å². The molecule has 0 spiro atoms. The number of hydrogen-bond donors (Lipinski definition) is 1. The Bertz CT molecular complexity index is 1080. The van der Waals surface area contributed by atoms with Crippen LogP contribution in [0.15, 0.2) is 17.0 Å². The average molecular weight is 540 g/mol. The first kappa shape index (κ1) is 29.2. The third-order valence-corrected chi connectivity index (χ3v) is 9.58. The van der Waals surface area contributed by atoms with Gasteiger partial charge in [0.2, 0.25) is 15.9 Å². The Morgan fingerprint density at radius 1 is 1.08 bits per heavy atom. The van der Waals surface area contributed by atoms with E-state index in [0.29, 0.717) is 47.8 Å². The van der Waals surface area contributed by atoms with E-state index in [4.69, 9.17) is 9.47 Å². The van der Waals surface area contributed by atoms with Crippen LogP contribution >= 0.6 is 0 Å². The minimum Gasteiger partial charge on any atom is -0.497 e. The van der Waals surface area contributed by atoms with Crippen LogP contribution in [0.2, 0.25) is 0 Å². The molecule has 2 amide bonds. The SMILES string of the molecule is COc1cc(C)c(S(=O)(=O)N2CCCCC2COCC(=O)N2CCN(C(=O)O)C(C(C)(C)C)C2)c(C)c1. The highest BCUT2D eigenvalue weighted by Gasteiger charge is 2.40. The molecular weight excluding hydrogens is 498 g/mol. The minimum absolute atomic E-state index is 0.122. The van der Waals surface area contributed by atoms with Crippen molar-refractivity contribution in [3.8, 4) is 5.75 Å². The fraction of sp³-hybridized carbons (Fsp3) is 0.692. The van der Waals surface area contributed by atoms with E-state index in [1.54, 1.807) is 38.0 Å². The lowest BCUT2D eigenvalue weighted by Crippen LogP contribution is -2.60. The van der Waals surface area contributed by atoms with E-state index in [-0.39, 0.29) is 43.2 Å². The molecule has 11 heteroatoms. The number of aryl methyl sites for hydroxylation is 2.